The van der Waals surface area contributed by atoms with Crippen molar-refractivity contribution < 1.29 is 9.53 Å². The Kier molecular flexibility index (Phi) is 5.79. The van der Waals surface area contributed by atoms with Gasteiger partial charge in [0.05, 0.1) is 18.8 Å². The Hall–Kier alpha value is -1.83. The topological polar surface area (TPSA) is 81.3 Å². The predicted molar refractivity (Wildman–Crippen MR) is 80.9 cm³/mol. The third-order valence-corrected chi connectivity index (χ3v) is 3.75. The number of hydrogen-bond donors (Lipinski definition) is 1. The van der Waals surface area contributed by atoms with Crippen LogP contribution in [0.15, 0.2) is 29.8 Å². The number of pyridine rings is 1. The summed E-state index contributed by atoms with van der Waals surface area (Å²) in [5, 5.41) is 2.49. The lowest BCUT2D eigenvalue weighted by atomic mass is 10.3. The second-order valence-corrected chi connectivity index (χ2v) is 5.31. The molecule has 6 nitrogen and oxygen atoms in total. The Morgan fingerprint density at radius 1 is 1.48 bits per heavy atom. The fraction of sp³-hybridized carbons (Fsp3) is 0.357. The minimum Gasteiger partial charge on any atom is -0.383 e. The van der Waals surface area contributed by atoms with Gasteiger partial charge in [0, 0.05) is 31.8 Å². The lowest BCUT2D eigenvalue weighted by Crippen LogP contribution is -2.34. The molecule has 0 saturated heterocycles. The van der Waals surface area contributed by atoms with E-state index in [0.717, 1.165) is 10.7 Å². The SMILES string of the molecule is COCCN(Cc1ccccn1)C(=O)c1csc(CN)n1. The molecule has 2 aromatic rings. The minimum absolute atomic E-state index is 0.131. The number of rotatable bonds is 7. The molecule has 0 spiro atoms. The summed E-state index contributed by atoms with van der Waals surface area (Å²) in [5.41, 5.74) is 6.79. The van der Waals surface area contributed by atoms with Gasteiger partial charge in [-0.05, 0) is 12.1 Å². The van der Waals surface area contributed by atoms with Gasteiger partial charge in [0.2, 0.25) is 0 Å². The average Bonchev–Trinajstić information content (AvgIpc) is 3.00. The lowest BCUT2D eigenvalue weighted by Gasteiger charge is -2.21. The van der Waals surface area contributed by atoms with E-state index in [1.165, 1.54) is 11.3 Å². The van der Waals surface area contributed by atoms with E-state index in [9.17, 15) is 4.79 Å². The maximum Gasteiger partial charge on any atom is 0.273 e. The maximum atomic E-state index is 12.5. The highest BCUT2D eigenvalue weighted by atomic mass is 32.1. The van der Waals surface area contributed by atoms with Gasteiger partial charge in [-0.2, -0.15) is 0 Å². The van der Waals surface area contributed by atoms with E-state index in [4.69, 9.17) is 10.5 Å². The standard InChI is InChI=1S/C14H18N4O2S/c1-20-7-6-18(9-11-4-2-3-5-16-11)14(19)12-10-21-13(8-15)17-12/h2-5,10H,6-9,15H2,1H3. The van der Waals surface area contributed by atoms with Crippen LogP contribution in [-0.2, 0) is 17.8 Å². The number of carbonyl (C=O) groups is 1. The summed E-state index contributed by atoms with van der Waals surface area (Å²) in [6, 6.07) is 5.63. The van der Waals surface area contributed by atoms with Crippen molar-refractivity contribution in [2.75, 3.05) is 20.3 Å². The third kappa shape index (κ3) is 4.32. The van der Waals surface area contributed by atoms with Gasteiger partial charge in [-0.15, -0.1) is 11.3 Å². The smallest absolute Gasteiger partial charge is 0.273 e. The molecule has 0 bridgehead atoms. The molecular formula is C14H18N4O2S. The molecule has 0 saturated carbocycles. The molecule has 2 rings (SSSR count). The molecule has 7 heteroatoms. The number of hydrogen-bond acceptors (Lipinski definition) is 6. The summed E-state index contributed by atoms with van der Waals surface area (Å²) >= 11 is 1.39. The van der Waals surface area contributed by atoms with Gasteiger partial charge >= 0.3 is 0 Å². The number of ether oxygens (including phenoxy) is 1. The molecule has 0 aliphatic heterocycles. The summed E-state index contributed by atoms with van der Waals surface area (Å²) in [4.78, 5) is 22.7. The zero-order chi connectivity index (χ0) is 15.1. The quantitative estimate of drug-likeness (QED) is 0.833. The average molecular weight is 306 g/mol. The van der Waals surface area contributed by atoms with Crippen molar-refractivity contribution in [3.05, 3.63) is 46.2 Å². The monoisotopic (exact) mass is 306 g/mol. The first kappa shape index (κ1) is 15.6. The molecule has 0 aliphatic carbocycles. The Bertz CT molecular complexity index is 573. The highest BCUT2D eigenvalue weighted by Crippen LogP contribution is 2.13. The van der Waals surface area contributed by atoms with Gasteiger partial charge in [-0.1, -0.05) is 6.07 Å². The molecular weight excluding hydrogens is 288 g/mol. The minimum atomic E-state index is -0.131. The summed E-state index contributed by atoms with van der Waals surface area (Å²) in [7, 11) is 1.61. The fourth-order valence-corrected chi connectivity index (χ4v) is 2.45. The molecule has 2 N–H and O–H groups in total. The highest BCUT2D eigenvalue weighted by molar-refractivity contribution is 7.09. The number of nitrogens with zero attached hydrogens (tertiary/aromatic N) is 3. The van der Waals surface area contributed by atoms with Gasteiger partial charge < -0.3 is 15.4 Å². The van der Waals surface area contributed by atoms with E-state index >= 15 is 0 Å². The van der Waals surface area contributed by atoms with Crippen molar-refractivity contribution in [3.63, 3.8) is 0 Å². The van der Waals surface area contributed by atoms with Crippen molar-refractivity contribution in [1.29, 1.82) is 0 Å². The van der Waals surface area contributed by atoms with Crippen LogP contribution in [0.25, 0.3) is 0 Å². The molecule has 0 unspecified atom stereocenters. The molecule has 1 amide bonds. The Balaban J connectivity index is 2.12. The van der Waals surface area contributed by atoms with Crippen molar-refractivity contribution in [2.24, 2.45) is 5.73 Å². The van der Waals surface area contributed by atoms with Crippen molar-refractivity contribution >= 4 is 17.2 Å². The molecule has 0 fully saturated rings. The van der Waals surface area contributed by atoms with Crippen LogP contribution < -0.4 is 5.73 Å². The summed E-state index contributed by atoms with van der Waals surface area (Å²) < 4.78 is 5.07. The first-order valence-corrected chi connectivity index (χ1v) is 7.45. The number of aromatic nitrogens is 2. The number of thiazole rings is 1. The molecule has 0 aliphatic rings. The Labute approximate surface area is 127 Å². The van der Waals surface area contributed by atoms with Gasteiger partial charge in [-0.25, -0.2) is 4.98 Å². The zero-order valence-corrected chi connectivity index (χ0v) is 12.7. The number of methoxy groups -OCH3 is 1. The van der Waals surface area contributed by atoms with Crippen molar-refractivity contribution in [3.8, 4) is 0 Å². The maximum absolute atomic E-state index is 12.5. The molecule has 2 aromatic heterocycles. The van der Waals surface area contributed by atoms with Gasteiger partial charge in [0.25, 0.3) is 5.91 Å². The van der Waals surface area contributed by atoms with Crippen LogP contribution in [0, 0.1) is 0 Å². The fourth-order valence-electron chi connectivity index (χ4n) is 1.81. The molecule has 0 radical (unpaired) electrons. The Morgan fingerprint density at radius 2 is 2.33 bits per heavy atom. The largest absolute Gasteiger partial charge is 0.383 e. The van der Waals surface area contributed by atoms with Crippen LogP contribution in [0.5, 0.6) is 0 Å². The lowest BCUT2D eigenvalue weighted by molar-refractivity contribution is 0.0673. The highest BCUT2D eigenvalue weighted by Gasteiger charge is 2.19. The zero-order valence-electron chi connectivity index (χ0n) is 11.9. The normalized spacial score (nSPS) is 10.6. The molecule has 112 valence electrons. The summed E-state index contributed by atoms with van der Waals surface area (Å²) in [5.74, 6) is -0.131. The van der Waals surface area contributed by atoms with Crippen molar-refractivity contribution in [2.45, 2.75) is 13.1 Å². The summed E-state index contributed by atoms with van der Waals surface area (Å²) in [6.07, 6.45) is 1.71. The van der Waals surface area contributed by atoms with Crippen LogP contribution in [-0.4, -0.2) is 41.0 Å². The first-order chi connectivity index (χ1) is 10.2. The molecule has 2 heterocycles. The van der Waals surface area contributed by atoms with Crippen LogP contribution in [0.4, 0.5) is 0 Å². The second kappa shape index (κ2) is 7.82. The third-order valence-electron chi connectivity index (χ3n) is 2.88. The first-order valence-electron chi connectivity index (χ1n) is 6.57. The molecule has 0 atom stereocenters. The number of nitrogens with two attached hydrogens (primary N) is 1. The van der Waals surface area contributed by atoms with E-state index in [1.54, 1.807) is 23.6 Å². The number of carbonyl (C=O) groups excluding carboxylic acids is 1. The van der Waals surface area contributed by atoms with E-state index in [2.05, 4.69) is 9.97 Å². The van der Waals surface area contributed by atoms with E-state index < -0.39 is 0 Å². The molecule has 21 heavy (non-hydrogen) atoms. The number of amides is 1. The van der Waals surface area contributed by atoms with Gasteiger partial charge in [-0.3, -0.25) is 9.78 Å². The van der Waals surface area contributed by atoms with Crippen LogP contribution in [0.3, 0.4) is 0 Å². The van der Waals surface area contributed by atoms with E-state index in [0.29, 0.717) is 31.9 Å². The Morgan fingerprint density at radius 3 is 2.95 bits per heavy atom. The summed E-state index contributed by atoms with van der Waals surface area (Å²) in [6.45, 7) is 1.72. The van der Waals surface area contributed by atoms with Gasteiger partial charge in [0.1, 0.15) is 10.7 Å². The van der Waals surface area contributed by atoms with Crippen molar-refractivity contribution in [1.82, 2.24) is 14.9 Å². The predicted octanol–water partition coefficient (Wildman–Crippen LogP) is 1.29. The van der Waals surface area contributed by atoms with Crippen LogP contribution in [0.2, 0.25) is 0 Å². The van der Waals surface area contributed by atoms with Gasteiger partial charge in [0.15, 0.2) is 0 Å². The second-order valence-electron chi connectivity index (χ2n) is 4.37. The van der Waals surface area contributed by atoms with Crippen LogP contribution in [0.1, 0.15) is 21.2 Å². The van der Waals surface area contributed by atoms with E-state index in [1.807, 2.05) is 18.2 Å². The van der Waals surface area contributed by atoms with E-state index in [-0.39, 0.29) is 5.91 Å². The van der Waals surface area contributed by atoms with Crippen LogP contribution >= 0.6 is 11.3 Å². The molecule has 0 aromatic carbocycles.